The number of alkyl carbamates (subject to hydrolysis) is 1. The average Bonchev–Trinajstić information content (AvgIpc) is 3.93. The molecule has 0 bridgehead atoms. The summed E-state index contributed by atoms with van der Waals surface area (Å²) in [6.07, 6.45) is 5.54. The molecular formula is C35H46ClN5O9S. The number of amides is 5. The number of allylic oxidation sites excluding steroid dienone is 1. The normalized spacial score (nSPS) is 28.3. The van der Waals surface area contributed by atoms with Crippen molar-refractivity contribution in [2.75, 3.05) is 6.54 Å². The van der Waals surface area contributed by atoms with Crippen molar-refractivity contribution in [1.29, 1.82) is 0 Å². The van der Waals surface area contributed by atoms with Crippen molar-refractivity contribution in [3.63, 3.8) is 0 Å². The van der Waals surface area contributed by atoms with Gasteiger partial charge in [0.2, 0.25) is 21.8 Å². The molecule has 5 aliphatic rings. The molecule has 51 heavy (non-hydrogen) atoms. The number of carbonyl (C=O) groups excluding carboxylic acids is 5. The molecule has 16 heteroatoms. The monoisotopic (exact) mass is 747 g/mol. The van der Waals surface area contributed by atoms with Crippen LogP contribution in [0.15, 0.2) is 30.4 Å². The highest BCUT2D eigenvalue weighted by Gasteiger charge is 2.62. The van der Waals surface area contributed by atoms with Gasteiger partial charge in [-0.1, -0.05) is 42.7 Å². The van der Waals surface area contributed by atoms with Gasteiger partial charge in [0.05, 0.1) is 11.8 Å². The summed E-state index contributed by atoms with van der Waals surface area (Å²) in [4.78, 5) is 71.1. The SMILES string of the molecule is CC(C)(C)OC(=O)N[C@@H]1CCCCCC=C[C@@H]2C[C@@]2(C(=O)NS(=O)(=O)C2CC2)NC(=O)[C@@H]2C[C@@H](OC(=O)N3Cc4ccc(Cl)cc4C3)CN2C1=O. The number of benzene rings is 1. The molecule has 278 valence electrons. The van der Waals surface area contributed by atoms with Crippen LogP contribution >= 0.6 is 11.6 Å². The number of halogens is 1. The summed E-state index contributed by atoms with van der Waals surface area (Å²) in [6, 6.07) is 3.16. The Morgan fingerprint density at radius 3 is 2.51 bits per heavy atom. The van der Waals surface area contributed by atoms with Crippen LogP contribution in [-0.2, 0) is 47.0 Å². The quantitative estimate of drug-likeness (QED) is 0.379. The predicted octanol–water partition coefficient (Wildman–Crippen LogP) is 3.66. The number of sulfonamides is 1. The summed E-state index contributed by atoms with van der Waals surface area (Å²) < 4.78 is 39.0. The molecule has 3 heterocycles. The lowest BCUT2D eigenvalue weighted by Gasteiger charge is -2.30. The molecule has 6 rings (SSSR count). The zero-order valence-corrected chi connectivity index (χ0v) is 30.7. The van der Waals surface area contributed by atoms with Crippen LogP contribution in [0.4, 0.5) is 9.59 Å². The van der Waals surface area contributed by atoms with Crippen molar-refractivity contribution in [2.45, 2.75) is 126 Å². The minimum absolute atomic E-state index is 0.0757. The van der Waals surface area contributed by atoms with Crippen molar-refractivity contribution in [2.24, 2.45) is 5.92 Å². The summed E-state index contributed by atoms with van der Waals surface area (Å²) >= 11 is 6.14. The van der Waals surface area contributed by atoms with Crippen molar-refractivity contribution in [3.8, 4) is 0 Å². The Bertz CT molecular complexity index is 1730. The summed E-state index contributed by atoms with van der Waals surface area (Å²) in [5.41, 5.74) is -0.528. The molecule has 1 saturated heterocycles. The van der Waals surface area contributed by atoms with E-state index in [2.05, 4.69) is 15.4 Å². The van der Waals surface area contributed by atoms with Gasteiger partial charge in [-0.15, -0.1) is 0 Å². The molecule has 3 aliphatic heterocycles. The molecule has 3 fully saturated rings. The minimum Gasteiger partial charge on any atom is -0.444 e. The lowest BCUT2D eigenvalue weighted by Crippen LogP contribution is -2.58. The Hall–Kier alpha value is -3.85. The van der Waals surface area contributed by atoms with Crippen molar-refractivity contribution < 1.29 is 41.9 Å². The lowest BCUT2D eigenvalue weighted by atomic mass is 10.0. The van der Waals surface area contributed by atoms with Crippen molar-refractivity contribution >= 4 is 51.5 Å². The van der Waals surface area contributed by atoms with Crippen LogP contribution in [-0.4, -0.2) is 89.2 Å². The first-order valence-electron chi connectivity index (χ1n) is 17.6. The van der Waals surface area contributed by atoms with E-state index >= 15 is 0 Å². The van der Waals surface area contributed by atoms with Crippen molar-refractivity contribution in [3.05, 3.63) is 46.5 Å². The molecule has 14 nitrogen and oxygen atoms in total. The molecule has 2 saturated carbocycles. The Morgan fingerprint density at radius 1 is 1.04 bits per heavy atom. The Balaban J connectivity index is 1.25. The van der Waals surface area contributed by atoms with Crippen LogP contribution < -0.4 is 15.4 Å². The van der Waals surface area contributed by atoms with Gasteiger partial charge >= 0.3 is 12.2 Å². The summed E-state index contributed by atoms with van der Waals surface area (Å²) in [5.74, 6) is -2.52. The molecular weight excluding hydrogens is 702 g/mol. The number of fused-ring (bicyclic) bond motifs is 3. The van der Waals surface area contributed by atoms with Gasteiger partial charge in [0.15, 0.2) is 0 Å². The van der Waals surface area contributed by atoms with E-state index in [4.69, 9.17) is 21.1 Å². The van der Waals surface area contributed by atoms with Gasteiger partial charge in [0, 0.05) is 30.5 Å². The highest BCUT2D eigenvalue weighted by atomic mass is 35.5. The van der Waals surface area contributed by atoms with Gasteiger partial charge in [-0.05, 0) is 82.6 Å². The van der Waals surface area contributed by atoms with E-state index in [9.17, 15) is 32.4 Å². The smallest absolute Gasteiger partial charge is 0.410 e. The second-order valence-corrected chi connectivity index (χ2v) is 17.6. The minimum atomic E-state index is -3.90. The number of nitrogens with zero attached hydrogens (tertiary/aromatic N) is 2. The van der Waals surface area contributed by atoms with Crippen LogP contribution in [0, 0.1) is 5.92 Å². The van der Waals surface area contributed by atoms with Crippen LogP contribution in [0.3, 0.4) is 0 Å². The molecule has 1 aromatic carbocycles. The van der Waals surface area contributed by atoms with E-state index in [1.165, 1.54) is 9.80 Å². The first-order chi connectivity index (χ1) is 24.0. The largest absolute Gasteiger partial charge is 0.444 e. The van der Waals surface area contributed by atoms with Crippen LogP contribution in [0.5, 0.6) is 0 Å². The fraction of sp³-hybridized carbons (Fsp3) is 0.629. The van der Waals surface area contributed by atoms with E-state index in [0.29, 0.717) is 37.3 Å². The standard InChI is InChI=1S/C35H46ClN5O9S/c1-34(2,3)50-32(45)37-27-10-8-6-4-5-7-9-23-17-35(23,31(44)39-51(47,48)26-13-14-26)38-29(42)28-16-25(20-41(28)30(27)43)49-33(46)40-18-21-11-12-24(36)15-22(21)19-40/h7,9,11-12,15,23,25-28H,4-6,8,10,13-14,16-20H2,1-3H3,(H,37,45)(H,38,42)(H,39,44)/t23-,25-,27-,28+,35-/m1/s1. The number of hydrogen-bond acceptors (Lipinski definition) is 9. The van der Waals surface area contributed by atoms with Gasteiger partial charge in [0.25, 0.3) is 5.91 Å². The predicted molar refractivity (Wildman–Crippen MR) is 186 cm³/mol. The fourth-order valence-corrected chi connectivity index (χ4v) is 8.57. The van der Waals surface area contributed by atoms with E-state index in [-0.39, 0.29) is 32.4 Å². The fourth-order valence-electron chi connectivity index (χ4n) is 7.01. The molecule has 3 N–H and O–H groups in total. The zero-order valence-electron chi connectivity index (χ0n) is 29.1. The second-order valence-electron chi connectivity index (χ2n) is 15.2. The molecule has 0 aromatic heterocycles. The Morgan fingerprint density at radius 2 is 1.78 bits per heavy atom. The number of nitrogens with one attached hydrogen (secondary N) is 3. The highest BCUT2D eigenvalue weighted by Crippen LogP contribution is 2.46. The molecule has 0 unspecified atom stereocenters. The van der Waals surface area contributed by atoms with Crippen molar-refractivity contribution in [1.82, 2.24) is 25.2 Å². The molecule has 2 aliphatic carbocycles. The summed E-state index contributed by atoms with van der Waals surface area (Å²) in [5, 5.41) is 5.40. The average molecular weight is 748 g/mol. The third-order valence-electron chi connectivity index (χ3n) is 9.95. The first-order valence-corrected chi connectivity index (χ1v) is 19.5. The first kappa shape index (κ1) is 36.9. The van der Waals surface area contributed by atoms with E-state index in [1.54, 1.807) is 32.9 Å². The zero-order chi connectivity index (χ0) is 36.7. The number of rotatable bonds is 5. The molecule has 5 atom stereocenters. The maximum absolute atomic E-state index is 14.3. The maximum atomic E-state index is 14.3. The van der Waals surface area contributed by atoms with Gasteiger partial charge in [0.1, 0.15) is 29.3 Å². The number of carbonyl (C=O) groups is 5. The lowest BCUT2D eigenvalue weighted by molar-refractivity contribution is -0.141. The highest BCUT2D eigenvalue weighted by molar-refractivity contribution is 7.91. The number of hydrogen-bond donors (Lipinski definition) is 3. The van der Waals surface area contributed by atoms with E-state index in [1.807, 2.05) is 18.2 Å². The Kier molecular flexibility index (Phi) is 10.3. The third-order valence-corrected chi connectivity index (χ3v) is 12.0. The molecule has 5 amide bonds. The van der Waals surface area contributed by atoms with E-state index in [0.717, 1.165) is 24.0 Å². The molecule has 0 spiro atoms. The summed E-state index contributed by atoms with van der Waals surface area (Å²) in [6.45, 7) is 5.57. The maximum Gasteiger partial charge on any atom is 0.410 e. The number of ether oxygens (including phenoxy) is 2. The second kappa shape index (κ2) is 14.3. The van der Waals surface area contributed by atoms with Crippen LogP contribution in [0.2, 0.25) is 5.02 Å². The molecule has 1 aromatic rings. The van der Waals surface area contributed by atoms with Crippen LogP contribution in [0.1, 0.15) is 89.7 Å². The van der Waals surface area contributed by atoms with Gasteiger partial charge < -0.3 is 25.0 Å². The van der Waals surface area contributed by atoms with E-state index < -0.39 is 80.4 Å². The van der Waals surface area contributed by atoms with Gasteiger partial charge in [-0.25, -0.2) is 18.0 Å². The van der Waals surface area contributed by atoms with Crippen LogP contribution in [0.25, 0.3) is 0 Å². The topological polar surface area (TPSA) is 181 Å². The summed E-state index contributed by atoms with van der Waals surface area (Å²) in [7, 11) is -3.90. The molecule has 0 radical (unpaired) electrons. The third kappa shape index (κ3) is 8.62. The Labute approximate surface area is 303 Å². The van der Waals surface area contributed by atoms with Gasteiger partial charge in [-0.3, -0.25) is 24.0 Å². The van der Waals surface area contributed by atoms with Gasteiger partial charge in [-0.2, -0.15) is 0 Å².